The van der Waals surface area contributed by atoms with Crippen LogP contribution in [0.2, 0.25) is 0 Å². The van der Waals surface area contributed by atoms with Crippen LogP contribution in [0.1, 0.15) is 25.3 Å². The van der Waals surface area contributed by atoms with Crippen LogP contribution < -0.4 is 4.90 Å². The molecule has 0 aliphatic carbocycles. The topological polar surface area (TPSA) is 86.8 Å². The first kappa shape index (κ1) is 13.8. The lowest BCUT2D eigenvalue weighted by molar-refractivity contribution is -0.384. The minimum absolute atomic E-state index is 0.00749. The number of hydrogen-bond donors (Lipinski definition) is 2. The van der Waals surface area contributed by atoms with E-state index in [0.717, 1.165) is 0 Å². The molecular formula is C13H18N2O4. The Morgan fingerprint density at radius 3 is 2.58 bits per heavy atom. The number of benzene rings is 1. The van der Waals surface area contributed by atoms with Crippen molar-refractivity contribution in [1.82, 2.24) is 0 Å². The second kappa shape index (κ2) is 5.14. The first-order chi connectivity index (χ1) is 8.93. The third-order valence-corrected chi connectivity index (χ3v) is 3.60. The maximum absolute atomic E-state index is 11.1. The van der Waals surface area contributed by atoms with Gasteiger partial charge in [-0.2, -0.15) is 0 Å². The Morgan fingerprint density at radius 2 is 2.05 bits per heavy atom. The largest absolute Gasteiger partial charge is 0.392 e. The molecule has 2 N–H and O–H groups in total. The second-order valence-corrected chi connectivity index (χ2v) is 5.22. The summed E-state index contributed by atoms with van der Waals surface area (Å²) >= 11 is 0. The number of piperidine rings is 1. The number of nitro benzene ring substituents is 1. The van der Waals surface area contributed by atoms with Crippen LogP contribution in [-0.4, -0.2) is 33.8 Å². The molecule has 0 saturated carbocycles. The van der Waals surface area contributed by atoms with E-state index in [9.17, 15) is 15.2 Å². The second-order valence-electron chi connectivity index (χ2n) is 5.22. The van der Waals surface area contributed by atoms with Crippen LogP contribution in [0.15, 0.2) is 18.2 Å². The van der Waals surface area contributed by atoms with Crippen molar-refractivity contribution < 1.29 is 15.1 Å². The highest BCUT2D eigenvalue weighted by molar-refractivity contribution is 5.64. The van der Waals surface area contributed by atoms with Crippen molar-refractivity contribution in [1.29, 1.82) is 0 Å². The summed E-state index contributed by atoms with van der Waals surface area (Å²) in [7, 11) is 0. The van der Waals surface area contributed by atoms with Gasteiger partial charge in [0.15, 0.2) is 0 Å². The van der Waals surface area contributed by atoms with E-state index >= 15 is 0 Å². The predicted molar refractivity (Wildman–Crippen MR) is 71.1 cm³/mol. The van der Waals surface area contributed by atoms with E-state index < -0.39 is 10.5 Å². The maximum atomic E-state index is 11.1. The molecule has 1 fully saturated rings. The molecule has 1 saturated heterocycles. The molecular weight excluding hydrogens is 248 g/mol. The Morgan fingerprint density at radius 1 is 1.42 bits per heavy atom. The Kier molecular flexibility index (Phi) is 3.73. The highest BCUT2D eigenvalue weighted by Gasteiger charge is 2.30. The molecule has 0 radical (unpaired) electrons. The smallest absolute Gasteiger partial charge is 0.292 e. The average Bonchev–Trinajstić information content (AvgIpc) is 2.38. The first-order valence-corrected chi connectivity index (χ1v) is 6.28. The van der Waals surface area contributed by atoms with Gasteiger partial charge in [-0.25, -0.2) is 0 Å². The third kappa shape index (κ3) is 3.02. The van der Waals surface area contributed by atoms with E-state index in [1.165, 1.54) is 6.07 Å². The van der Waals surface area contributed by atoms with Gasteiger partial charge in [-0.15, -0.1) is 0 Å². The fourth-order valence-corrected chi connectivity index (χ4v) is 2.31. The average molecular weight is 266 g/mol. The normalized spacial score (nSPS) is 18.4. The van der Waals surface area contributed by atoms with Crippen LogP contribution in [0.25, 0.3) is 0 Å². The van der Waals surface area contributed by atoms with Crippen LogP contribution in [0, 0.1) is 10.1 Å². The molecule has 104 valence electrons. The van der Waals surface area contributed by atoms with Gasteiger partial charge in [0.1, 0.15) is 5.69 Å². The van der Waals surface area contributed by atoms with Crippen LogP contribution in [0.3, 0.4) is 0 Å². The summed E-state index contributed by atoms with van der Waals surface area (Å²) in [5.74, 6) is 0. The molecule has 2 rings (SSSR count). The van der Waals surface area contributed by atoms with Gasteiger partial charge in [-0.1, -0.05) is 6.07 Å². The number of aliphatic hydroxyl groups is 2. The molecule has 1 aliphatic rings. The Balaban J connectivity index is 2.27. The number of nitro groups is 1. The zero-order valence-electron chi connectivity index (χ0n) is 10.9. The standard InChI is InChI=1S/C13H18N2O4/c1-13(17)4-6-14(7-5-13)11-3-2-10(9-16)8-12(11)15(18)19/h2-3,8,16-17H,4-7,9H2,1H3. The Hall–Kier alpha value is -1.66. The number of nitrogens with zero attached hydrogens (tertiary/aromatic N) is 2. The van der Waals surface area contributed by atoms with Crippen LogP contribution in [0.4, 0.5) is 11.4 Å². The fraction of sp³-hybridized carbons (Fsp3) is 0.538. The lowest BCUT2D eigenvalue weighted by Gasteiger charge is -2.36. The molecule has 1 aromatic rings. The fourth-order valence-electron chi connectivity index (χ4n) is 2.31. The van der Waals surface area contributed by atoms with Gasteiger partial charge >= 0.3 is 0 Å². The van der Waals surface area contributed by atoms with Gasteiger partial charge in [0, 0.05) is 19.2 Å². The van der Waals surface area contributed by atoms with Crippen molar-refractivity contribution in [2.75, 3.05) is 18.0 Å². The highest BCUT2D eigenvalue weighted by Crippen LogP contribution is 2.33. The SMILES string of the molecule is CC1(O)CCN(c2ccc(CO)cc2[N+](=O)[O-])CC1. The molecule has 1 aromatic carbocycles. The summed E-state index contributed by atoms with van der Waals surface area (Å²) in [5, 5.41) is 30.1. The van der Waals surface area contributed by atoms with Gasteiger partial charge in [-0.05, 0) is 31.4 Å². The lowest BCUT2D eigenvalue weighted by Crippen LogP contribution is -2.42. The lowest BCUT2D eigenvalue weighted by atomic mass is 9.93. The summed E-state index contributed by atoms with van der Waals surface area (Å²) < 4.78 is 0. The quantitative estimate of drug-likeness (QED) is 0.638. The van der Waals surface area contributed by atoms with Crippen molar-refractivity contribution in [3.63, 3.8) is 0 Å². The molecule has 19 heavy (non-hydrogen) atoms. The molecule has 0 unspecified atom stereocenters. The van der Waals surface area contributed by atoms with E-state index in [2.05, 4.69) is 0 Å². The Bertz CT molecular complexity index is 478. The molecule has 0 atom stereocenters. The zero-order valence-corrected chi connectivity index (χ0v) is 10.9. The Labute approximate surface area is 111 Å². The number of aliphatic hydroxyl groups excluding tert-OH is 1. The number of rotatable bonds is 3. The minimum Gasteiger partial charge on any atom is -0.392 e. The monoisotopic (exact) mass is 266 g/mol. The molecule has 0 spiro atoms. The molecule has 1 heterocycles. The van der Waals surface area contributed by atoms with Gasteiger partial charge < -0.3 is 15.1 Å². The first-order valence-electron chi connectivity index (χ1n) is 6.28. The molecule has 0 bridgehead atoms. The van der Waals surface area contributed by atoms with Crippen LogP contribution in [0.5, 0.6) is 0 Å². The van der Waals surface area contributed by atoms with E-state index in [4.69, 9.17) is 5.11 Å². The molecule has 6 nitrogen and oxygen atoms in total. The van der Waals surface area contributed by atoms with E-state index in [-0.39, 0.29) is 12.3 Å². The summed E-state index contributed by atoms with van der Waals surface area (Å²) in [4.78, 5) is 12.6. The van der Waals surface area contributed by atoms with Crippen molar-refractivity contribution >= 4 is 11.4 Å². The maximum Gasteiger partial charge on any atom is 0.292 e. The van der Waals surface area contributed by atoms with Crippen LogP contribution in [-0.2, 0) is 6.61 Å². The van der Waals surface area contributed by atoms with Crippen molar-refractivity contribution in [2.45, 2.75) is 32.0 Å². The van der Waals surface area contributed by atoms with Gasteiger partial charge in [0.05, 0.1) is 17.1 Å². The van der Waals surface area contributed by atoms with Gasteiger partial charge in [-0.3, -0.25) is 10.1 Å². The number of hydrogen-bond acceptors (Lipinski definition) is 5. The van der Waals surface area contributed by atoms with Gasteiger partial charge in [0.25, 0.3) is 5.69 Å². The van der Waals surface area contributed by atoms with E-state index in [1.54, 1.807) is 19.1 Å². The molecule has 0 amide bonds. The molecule has 0 aromatic heterocycles. The summed E-state index contributed by atoms with van der Waals surface area (Å²) in [6.07, 6.45) is 1.18. The summed E-state index contributed by atoms with van der Waals surface area (Å²) in [6, 6.07) is 4.76. The highest BCUT2D eigenvalue weighted by atomic mass is 16.6. The minimum atomic E-state index is -0.684. The van der Waals surface area contributed by atoms with Crippen LogP contribution >= 0.6 is 0 Å². The third-order valence-electron chi connectivity index (χ3n) is 3.60. The van der Waals surface area contributed by atoms with Crippen molar-refractivity contribution in [2.24, 2.45) is 0 Å². The van der Waals surface area contributed by atoms with Crippen molar-refractivity contribution in [3.05, 3.63) is 33.9 Å². The molecule has 6 heteroatoms. The predicted octanol–water partition coefficient (Wildman–Crippen LogP) is 1.44. The van der Waals surface area contributed by atoms with E-state index in [1.807, 2.05) is 4.90 Å². The number of anilines is 1. The zero-order chi connectivity index (χ0) is 14.0. The van der Waals surface area contributed by atoms with Crippen molar-refractivity contribution in [3.8, 4) is 0 Å². The van der Waals surface area contributed by atoms with Gasteiger partial charge in [0.2, 0.25) is 0 Å². The summed E-state index contributed by atoms with van der Waals surface area (Å²) in [6.45, 7) is 2.75. The van der Waals surface area contributed by atoms with E-state index in [0.29, 0.717) is 37.2 Å². The molecule has 1 aliphatic heterocycles. The summed E-state index contributed by atoms with van der Waals surface area (Å²) in [5.41, 5.74) is 0.404.